The summed E-state index contributed by atoms with van der Waals surface area (Å²) in [7, 11) is 3.98. The molecule has 0 aliphatic rings. The first-order chi connectivity index (χ1) is 5.66. The Morgan fingerprint density at radius 3 is 2.67 bits per heavy atom. The van der Waals surface area contributed by atoms with Crippen molar-refractivity contribution in [1.29, 1.82) is 0 Å². The van der Waals surface area contributed by atoms with Gasteiger partial charge in [0.1, 0.15) is 0 Å². The van der Waals surface area contributed by atoms with Crippen molar-refractivity contribution in [2.45, 2.75) is 13.3 Å². The van der Waals surface area contributed by atoms with Crippen molar-refractivity contribution in [3.8, 4) is 0 Å². The quantitative estimate of drug-likeness (QED) is 0.465. The minimum Gasteiger partial charge on any atom is -0.309 e. The Kier molecular flexibility index (Phi) is 6.19. The number of amides is 1. The molecule has 12 heavy (non-hydrogen) atoms. The molecule has 0 saturated heterocycles. The zero-order valence-corrected chi connectivity index (χ0v) is 7.95. The van der Waals surface area contributed by atoms with Crippen molar-refractivity contribution >= 4 is 12.1 Å². The van der Waals surface area contributed by atoms with E-state index in [0.29, 0.717) is 0 Å². The molecule has 3 nitrogen and oxygen atoms in total. The fourth-order valence-electron chi connectivity index (χ4n) is 0.656. The van der Waals surface area contributed by atoms with Gasteiger partial charge in [-0.05, 0) is 27.4 Å². The number of allylic oxidation sites excluding steroid dienone is 1. The maximum absolute atomic E-state index is 10.8. The minimum atomic E-state index is -0.184. The summed E-state index contributed by atoms with van der Waals surface area (Å²) >= 11 is 0. The Balaban J connectivity index is 3.55. The fourth-order valence-corrected chi connectivity index (χ4v) is 0.656. The van der Waals surface area contributed by atoms with Crippen LogP contribution in [-0.4, -0.2) is 37.7 Å². The van der Waals surface area contributed by atoms with Gasteiger partial charge in [0.25, 0.3) is 5.91 Å². The number of aliphatic imine (C=N–C) groups is 1. The Morgan fingerprint density at radius 1 is 1.50 bits per heavy atom. The average Bonchev–Trinajstić information content (AvgIpc) is 1.98. The monoisotopic (exact) mass is 168 g/mol. The predicted octanol–water partition coefficient (Wildman–Crippen LogP) is 1.11. The number of hydrogen-bond acceptors (Lipinski definition) is 2. The lowest BCUT2D eigenvalue weighted by Crippen LogP contribution is -2.13. The van der Waals surface area contributed by atoms with Crippen LogP contribution in [0.3, 0.4) is 0 Å². The number of carbonyl (C=O) groups excluding carboxylic acids is 1. The zero-order valence-electron chi connectivity index (χ0n) is 7.95. The lowest BCUT2D eigenvalue weighted by molar-refractivity contribution is -0.113. The Morgan fingerprint density at radius 2 is 2.17 bits per heavy atom. The van der Waals surface area contributed by atoms with Gasteiger partial charge in [-0.15, -0.1) is 0 Å². The van der Waals surface area contributed by atoms with Gasteiger partial charge in [-0.3, -0.25) is 4.79 Å². The molecule has 0 heterocycles. The molecule has 0 spiro atoms. The second-order valence-corrected chi connectivity index (χ2v) is 2.74. The third-order valence-electron chi connectivity index (χ3n) is 1.23. The lowest BCUT2D eigenvalue weighted by atomic mass is 10.4. The van der Waals surface area contributed by atoms with Crippen molar-refractivity contribution in [2.24, 2.45) is 4.99 Å². The van der Waals surface area contributed by atoms with Crippen LogP contribution in [0.2, 0.25) is 0 Å². The number of hydrogen-bond donors (Lipinski definition) is 0. The first-order valence-corrected chi connectivity index (χ1v) is 4.00. The van der Waals surface area contributed by atoms with Crippen LogP contribution in [0.5, 0.6) is 0 Å². The molecular formula is C9H16N2O. The van der Waals surface area contributed by atoms with Gasteiger partial charge in [-0.1, -0.05) is 6.08 Å². The van der Waals surface area contributed by atoms with Crippen LogP contribution in [0, 0.1) is 0 Å². The number of rotatable bonds is 4. The maximum Gasteiger partial charge on any atom is 0.269 e. The van der Waals surface area contributed by atoms with E-state index in [1.807, 2.05) is 19.0 Å². The van der Waals surface area contributed by atoms with E-state index >= 15 is 0 Å². The first-order valence-electron chi connectivity index (χ1n) is 4.00. The Bertz CT molecular complexity index is 183. The highest BCUT2D eigenvalue weighted by atomic mass is 16.1. The molecule has 0 unspecified atom stereocenters. The van der Waals surface area contributed by atoms with E-state index in [-0.39, 0.29) is 5.91 Å². The Labute approximate surface area is 73.8 Å². The highest BCUT2D eigenvalue weighted by Gasteiger charge is 1.88. The minimum absolute atomic E-state index is 0.184. The molecule has 0 radical (unpaired) electrons. The largest absolute Gasteiger partial charge is 0.309 e. The average molecular weight is 168 g/mol. The SMILES string of the molecule is CC=CC(=O)N=CCCN(C)C. The van der Waals surface area contributed by atoms with E-state index in [2.05, 4.69) is 4.99 Å². The van der Waals surface area contributed by atoms with Crippen LogP contribution in [0.1, 0.15) is 13.3 Å². The number of carbonyl (C=O) groups is 1. The molecule has 0 atom stereocenters. The molecule has 1 amide bonds. The second-order valence-electron chi connectivity index (χ2n) is 2.74. The molecule has 0 N–H and O–H groups in total. The van der Waals surface area contributed by atoms with Crippen molar-refractivity contribution in [2.75, 3.05) is 20.6 Å². The van der Waals surface area contributed by atoms with Gasteiger partial charge in [-0.25, -0.2) is 4.99 Å². The summed E-state index contributed by atoms with van der Waals surface area (Å²) in [6.07, 6.45) is 5.61. The van der Waals surface area contributed by atoms with Crippen molar-refractivity contribution in [3.63, 3.8) is 0 Å². The van der Waals surface area contributed by atoms with Crippen LogP contribution in [0.15, 0.2) is 17.1 Å². The zero-order chi connectivity index (χ0) is 9.40. The van der Waals surface area contributed by atoms with Crippen LogP contribution in [0.25, 0.3) is 0 Å². The van der Waals surface area contributed by atoms with E-state index in [1.165, 1.54) is 6.08 Å². The lowest BCUT2D eigenvalue weighted by Gasteiger charge is -2.04. The van der Waals surface area contributed by atoms with Gasteiger partial charge in [0, 0.05) is 18.8 Å². The second kappa shape index (κ2) is 6.73. The molecule has 0 aromatic rings. The molecule has 0 aliphatic heterocycles. The Hall–Kier alpha value is -0.960. The highest BCUT2D eigenvalue weighted by molar-refractivity contribution is 5.93. The van der Waals surface area contributed by atoms with E-state index in [0.717, 1.165) is 13.0 Å². The van der Waals surface area contributed by atoms with Crippen molar-refractivity contribution in [3.05, 3.63) is 12.2 Å². The standard InChI is InChI=1S/C9H16N2O/c1-4-6-9(12)10-7-5-8-11(2)3/h4,6-7H,5,8H2,1-3H3. The van der Waals surface area contributed by atoms with Crippen LogP contribution < -0.4 is 0 Å². The summed E-state index contributed by atoms with van der Waals surface area (Å²) in [5.41, 5.74) is 0. The maximum atomic E-state index is 10.8. The topological polar surface area (TPSA) is 32.7 Å². The molecule has 0 aromatic carbocycles. The van der Waals surface area contributed by atoms with Gasteiger partial charge in [0.2, 0.25) is 0 Å². The molecule has 0 aliphatic carbocycles. The molecule has 0 fully saturated rings. The normalized spacial score (nSPS) is 12.0. The smallest absolute Gasteiger partial charge is 0.269 e. The molecule has 0 aromatic heterocycles. The molecule has 3 heteroatoms. The van der Waals surface area contributed by atoms with Gasteiger partial charge in [-0.2, -0.15) is 0 Å². The van der Waals surface area contributed by atoms with Gasteiger partial charge >= 0.3 is 0 Å². The van der Waals surface area contributed by atoms with Crippen LogP contribution in [-0.2, 0) is 4.79 Å². The van der Waals surface area contributed by atoms with E-state index < -0.39 is 0 Å². The summed E-state index contributed by atoms with van der Waals surface area (Å²) in [5.74, 6) is -0.184. The van der Waals surface area contributed by atoms with Gasteiger partial charge in [0.05, 0.1) is 0 Å². The van der Waals surface area contributed by atoms with E-state index in [1.54, 1.807) is 19.2 Å². The predicted molar refractivity (Wildman–Crippen MR) is 51.5 cm³/mol. The number of nitrogens with zero attached hydrogens (tertiary/aromatic N) is 2. The van der Waals surface area contributed by atoms with Gasteiger partial charge < -0.3 is 4.90 Å². The molecule has 0 saturated carbocycles. The third kappa shape index (κ3) is 7.15. The van der Waals surface area contributed by atoms with Crippen LogP contribution >= 0.6 is 0 Å². The summed E-state index contributed by atoms with van der Waals surface area (Å²) in [6.45, 7) is 2.72. The van der Waals surface area contributed by atoms with Crippen LogP contribution in [0.4, 0.5) is 0 Å². The molecular weight excluding hydrogens is 152 g/mol. The summed E-state index contributed by atoms with van der Waals surface area (Å²) in [4.78, 5) is 16.5. The highest BCUT2D eigenvalue weighted by Crippen LogP contribution is 1.82. The molecule has 68 valence electrons. The first kappa shape index (κ1) is 11.0. The summed E-state index contributed by atoms with van der Waals surface area (Å²) in [5, 5.41) is 0. The van der Waals surface area contributed by atoms with Crippen molar-refractivity contribution < 1.29 is 4.79 Å². The van der Waals surface area contributed by atoms with Gasteiger partial charge in [0.15, 0.2) is 0 Å². The molecule has 0 bridgehead atoms. The van der Waals surface area contributed by atoms with E-state index in [4.69, 9.17) is 0 Å². The third-order valence-corrected chi connectivity index (χ3v) is 1.23. The summed E-state index contributed by atoms with van der Waals surface area (Å²) < 4.78 is 0. The van der Waals surface area contributed by atoms with Crippen molar-refractivity contribution in [1.82, 2.24) is 4.90 Å². The van der Waals surface area contributed by atoms with E-state index in [9.17, 15) is 4.79 Å². The molecule has 0 rings (SSSR count). The fraction of sp³-hybridized carbons (Fsp3) is 0.556. The summed E-state index contributed by atoms with van der Waals surface area (Å²) in [6, 6.07) is 0.